The minimum atomic E-state index is -0.982. The monoisotopic (exact) mass is 344 g/mol. The highest BCUT2D eigenvalue weighted by Crippen LogP contribution is 2.34. The summed E-state index contributed by atoms with van der Waals surface area (Å²) in [5, 5.41) is 2.18. The number of benzene rings is 2. The van der Waals surface area contributed by atoms with Crippen molar-refractivity contribution >= 4 is 42.6 Å². The molecular formula is C12H10Br2O2. The van der Waals surface area contributed by atoms with Crippen LogP contribution in [0.2, 0.25) is 0 Å². The Morgan fingerprint density at radius 3 is 2.44 bits per heavy atom. The van der Waals surface area contributed by atoms with E-state index in [1.54, 1.807) is 7.11 Å². The first-order chi connectivity index (χ1) is 7.62. The maximum atomic E-state index is 5.68. The smallest absolute Gasteiger partial charge is 0.326 e. The van der Waals surface area contributed by atoms with E-state index < -0.39 is 3.61 Å². The van der Waals surface area contributed by atoms with Gasteiger partial charge in [0.25, 0.3) is 0 Å². The van der Waals surface area contributed by atoms with Crippen LogP contribution in [0.15, 0.2) is 42.5 Å². The molecular weight excluding hydrogens is 336 g/mol. The first-order valence-corrected chi connectivity index (χ1v) is 6.31. The van der Waals surface area contributed by atoms with E-state index in [-0.39, 0.29) is 0 Å². The third-order valence-corrected chi connectivity index (χ3v) is 3.19. The zero-order valence-corrected chi connectivity index (χ0v) is 11.8. The molecule has 0 saturated heterocycles. The topological polar surface area (TPSA) is 18.5 Å². The van der Waals surface area contributed by atoms with Gasteiger partial charge in [-0.3, -0.25) is 0 Å². The minimum Gasteiger partial charge on any atom is -0.443 e. The van der Waals surface area contributed by atoms with Gasteiger partial charge in [-0.15, -0.1) is 0 Å². The van der Waals surface area contributed by atoms with Crippen molar-refractivity contribution in [2.75, 3.05) is 7.11 Å². The third kappa shape index (κ3) is 2.56. The van der Waals surface area contributed by atoms with Crippen LogP contribution in [0.5, 0.6) is 5.75 Å². The highest BCUT2D eigenvalue weighted by atomic mass is 79.9. The molecule has 0 fully saturated rings. The first kappa shape index (κ1) is 11.9. The fraction of sp³-hybridized carbons (Fsp3) is 0.167. The van der Waals surface area contributed by atoms with E-state index in [1.165, 1.54) is 0 Å². The lowest BCUT2D eigenvalue weighted by molar-refractivity contribution is 0.00151. The summed E-state index contributed by atoms with van der Waals surface area (Å²) in [7, 11) is 1.55. The van der Waals surface area contributed by atoms with Crippen molar-refractivity contribution in [1.82, 2.24) is 0 Å². The Kier molecular flexibility index (Phi) is 3.52. The zero-order chi connectivity index (χ0) is 11.6. The van der Waals surface area contributed by atoms with Crippen LogP contribution in [-0.2, 0) is 4.74 Å². The van der Waals surface area contributed by atoms with Gasteiger partial charge in [0, 0.05) is 44.4 Å². The molecule has 0 aliphatic heterocycles. The Balaban J connectivity index is 2.45. The summed E-state index contributed by atoms with van der Waals surface area (Å²) in [5.74, 6) is 0.758. The third-order valence-electron chi connectivity index (χ3n) is 2.22. The number of hydrogen-bond acceptors (Lipinski definition) is 2. The second-order valence-corrected chi connectivity index (χ2v) is 6.40. The maximum Gasteiger partial charge on any atom is 0.326 e. The van der Waals surface area contributed by atoms with E-state index in [9.17, 15) is 0 Å². The normalized spacial score (nSPS) is 11.7. The molecule has 2 aromatic rings. The van der Waals surface area contributed by atoms with Crippen molar-refractivity contribution in [3.05, 3.63) is 42.5 Å². The van der Waals surface area contributed by atoms with E-state index in [0.29, 0.717) is 0 Å². The van der Waals surface area contributed by atoms with E-state index in [1.807, 2.05) is 42.5 Å². The Morgan fingerprint density at radius 1 is 1.00 bits per heavy atom. The van der Waals surface area contributed by atoms with Gasteiger partial charge < -0.3 is 9.47 Å². The number of rotatable bonds is 3. The van der Waals surface area contributed by atoms with Gasteiger partial charge in [-0.1, -0.05) is 36.4 Å². The summed E-state index contributed by atoms with van der Waals surface area (Å²) in [4.78, 5) is 0. The Labute approximate surface area is 111 Å². The minimum absolute atomic E-state index is 0.758. The molecule has 0 atom stereocenters. The SMILES string of the molecule is COC(Br)(Br)Oc1cccc2ccccc12. The quantitative estimate of drug-likeness (QED) is 0.611. The molecule has 0 aliphatic rings. The first-order valence-electron chi connectivity index (χ1n) is 4.72. The molecule has 2 aromatic carbocycles. The number of ether oxygens (including phenoxy) is 2. The van der Waals surface area contributed by atoms with Crippen LogP contribution in [0, 0.1) is 0 Å². The van der Waals surface area contributed by atoms with Gasteiger partial charge in [0.1, 0.15) is 5.75 Å². The molecule has 0 aromatic heterocycles. The highest BCUT2D eigenvalue weighted by Gasteiger charge is 2.24. The second kappa shape index (κ2) is 4.73. The number of halogens is 2. The molecule has 0 radical (unpaired) electrons. The predicted molar refractivity (Wildman–Crippen MR) is 72.2 cm³/mol. The fourth-order valence-corrected chi connectivity index (χ4v) is 1.80. The van der Waals surface area contributed by atoms with Crippen molar-refractivity contribution in [2.45, 2.75) is 3.61 Å². The van der Waals surface area contributed by atoms with E-state index in [2.05, 4.69) is 31.9 Å². The van der Waals surface area contributed by atoms with Gasteiger partial charge in [0.05, 0.1) is 0 Å². The largest absolute Gasteiger partial charge is 0.443 e. The molecule has 16 heavy (non-hydrogen) atoms. The van der Waals surface area contributed by atoms with Crippen molar-refractivity contribution in [3.8, 4) is 5.75 Å². The number of alkyl halides is 2. The molecule has 0 N–H and O–H groups in total. The van der Waals surface area contributed by atoms with Crippen LogP contribution >= 0.6 is 31.9 Å². The molecule has 0 bridgehead atoms. The van der Waals surface area contributed by atoms with Crippen LogP contribution in [0.4, 0.5) is 0 Å². The molecule has 2 rings (SSSR count). The molecule has 0 heterocycles. The van der Waals surface area contributed by atoms with Crippen LogP contribution in [0.25, 0.3) is 10.8 Å². The lowest BCUT2D eigenvalue weighted by atomic mass is 10.1. The van der Waals surface area contributed by atoms with Gasteiger partial charge in [-0.2, -0.15) is 0 Å². The summed E-state index contributed by atoms with van der Waals surface area (Å²) in [5.41, 5.74) is 0. The van der Waals surface area contributed by atoms with Gasteiger partial charge in [-0.25, -0.2) is 0 Å². The summed E-state index contributed by atoms with van der Waals surface area (Å²) < 4.78 is 9.79. The Morgan fingerprint density at radius 2 is 1.69 bits per heavy atom. The van der Waals surface area contributed by atoms with Gasteiger partial charge in [0.15, 0.2) is 0 Å². The van der Waals surface area contributed by atoms with Gasteiger partial charge in [-0.05, 0) is 11.5 Å². The van der Waals surface area contributed by atoms with Crippen LogP contribution in [0.1, 0.15) is 0 Å². The summed E-state index contributed by atoms with van der Waals surface area (Å²) in [6.45, 7) is 0. The molecule has 0 unspecified atom stereocenters. The van der Waals surface area contributed by atoms with Crippen LogP contribution < -0.4 is 4.74 Å². The highest BCUT2D eigenvalue weighted by molar-refractivity contribution is 9.25. The van der Waals surface area contributed by atoms with Crippen LogP contribution in [-0.4, -0.2) is 10.7 Å². The van der Waals surface area contributed by atoms with Crippen molar-refractivity contribution in [2.24, 2.45) is 0 Å². The van der Waals surface area contributed by atoms with Crippen molar-refractivity contribution in [3.63, 3.8) is 0 Å². The van der Waals surface area contributed by atoms with Gasteiger partial charge in [0.2, 0.25) is 0 Å². The molecule has 0 saturated carbocycles. The number of methoxy groups -OCH3 is 1. The average Bonchev–Trinajstić information content (AvgIpc) is 2.29. The summed E-state index contributed by atoms with van der Waals surface area (Å²) in [6, 6.07) is 13.9. The molecule has 2 nitrogen and oxygen atoms in total. The standard InChI is InChI=1S/C12H10Br2O2/c1-15-12(13,14)16-11-8-4-6-9-5-2-3-7-10(9)11/h2-8H,1H3. The predicted octanol–water partition coefficient (Wildman–Crippen LogP) is 4.27. The van der Waals surface area contributed by atoms with Crippen molar-refractivity contribution < 1.29 is 9.47 Å². The van der Waals surface area contributed by atoms with E-state index in [0.717, 1.165) is 16.5 Å². The molecule has 0 aliphatic carbocycles. The van der Waals surface area contributed by atoms with Crippen molar-refractivity contribution in [1.29, 1.82) is 0 Å². The summed E-state index contributed by atoms with van der Waals surface area (Å²) in [6.07, 6.45) is 0. The van der Waals surface area contributed by atoms with Crippen LogP contribution in [0.3, 0.4) is 0 Å². The summed E-state index contributed by atoms with van der Waals surface area (Å²) >= 11 is 6.55. The van der Waals surface area contributed by atoms with Gasteiger partial charge >= 0.3 is 3.61 Å². The molecule has 0 spiro atoms. The average molecular weight is 346 g/mol. The lowest BCUT2D eigenvalue weighted by Gasteiger charge is -2.21. The lowest BCUT2D eigenvalue weighted by Crippen LogP contribution is -2.22. The Bertz CT molecular complexity index is 492. The second-order valence-electron chi connectivity index (χ2n) is 3.25. The Hall–Kier alpha value is -0.580. The van der Waals surface area contributed by atoms with E-state index >= 15 is 0 Å². The fourth-order valence-electron chi connectivity index (χ4n) is 1.45. The van der Waals surface area contributed by atoms with E-state index in [4.69, 9.17) is 9.47 Å². The number of fused-ring (bicyclic) bond motifs is 1. The maximum absolute atomic E-state index is 5.68. The zero-order valence-electron chi connectivity index (χ0n) is 8.61. The molecule has 84 valence electrons. The molecule has 0 amide bonds. The number of hydrogen-bond donors (Lipinski definition) is 0. The molecule has 4 heteroatoms.